The van der Waals surface area contributed by atoms with Gasteiger partial charge in [0.1, 0.15) is 5.75 Å². The summed E-state index contributed by atoms with van der Waals surface area (Å²) in [4.78, 5) is 0. The van der Waals surface area contributed by atoms with Gasteiger partial charge in [0.15, 0.2) is 0 Å². The van der Waals surface area contributed by atoms with Crippen molar-refractivity contribution in [2.45, 2.75) is 19.4 Å². The Morgan fingerprint density at radius 2 is 2.07 bits per heavy atom. The number of alkyl halides is 1. The molecule has 84 valence electrons. The molecule has 2 nitrogen and oxygen atoms in total. The molecule has 0 aliphatic rings. The Labute approximate surface area is 99.7 Å². The van der Waals surface area contributed by atoms with Crippen molar-refractivity contribution in [3.8, 4) is 5.75 Å². The molecule has 1 rings (SSSR count). The van der Waals surface area contributed by atoms with E-state index in [1.807, 2.05) is 24.3 Å². The molecule has 1 unspecified atom stereocenters. The highest BCUT2D eigenvalue weighted by Crippen LogP contribution is 2.28. The number of halogens is 1. The van der Waals surface area contributed by atoms with E-state index < -0.39 is 0 Å². The Balaban J connectivity index is 2.80. The van der Waals surface area contributed by atoms with Gasteiger partial charge >= 0.3 is 0 Å². The van der Waals surface area contributed by atoms with Gasteiger partial charge in [0, 0.05) is 17.5 Å². The van der Waals surface area contributed by atoms with E-state index in [1.165, 1.54) is 0 Å². The Bertz CT molecular complexity index is 289. The average molecular weight is 273 g/mol. The Kier molecular flexibility index (Phi) is 5.73. The maximum atomic E-state index is 5.74. The summed E-state index contributed by atoms with van der Waals surface area (Å²) in [6.07, 6.45) is 1.10. The largest absolute Gasteiger partial charge is 0.496 e. The lowest BCUT2D eigenvalue weighted by Gasteiger charge is -2.17. The van der Waals surface area contributed by atoms with E-state index in [-0.39, 0.29) is 6.10 Å². The monoisotopic (exact) mass is 272 g/mol. The SMILES string of the molecule is CCCOC(CBr)c1ccccc1OC. The van der Waals surface area contributed by atoms with Crippen LogP contribution in [0.2, 0.25) is 0 Å². The molecule has 0 fully saturated rings. The van der Waals surface area contributed by atoms with Crippen LogP contribution in [0, 0.1) is 0 Å². The summed E-state index contributed by atoms with van der Waals surface area (Å²) in [5.41, 5.74) is 1.10. The van der Waals surface area contributed by atoms with E-state index in [9.17, 15) is 0 Å². The van der Waals surface area contributed by atoms with Gasteiger partial charge in [-0.05, 0) is 12.5 Å². The molecule has 0 spiro atoms. The molecule has 0 saturated carbocycles. The number of para-hydroxylation sites is 1. The number of methoxy groups -OCH3 is 1. The quantitative estimate of drug-likeness (QED) is 0.738. The summed E-state index contributed by atoms with van der Waals surface area (Å²) in [7, 11) is 1.68. The smallest absolute Gasteiger partial charge is 0.124 e. The normalized spacial score (nSPS) is 12.5. The molecule has 0 aliphatic carbocycles. The van der Waals surface area contributed by atoms with Crippen LogP contribution in [0.1, 0.15) is 25.0 Å². The van der Waals surface area contributed by atoms with Gasteiger partial charge in [-0.25, -0.2) is 0 Å². The van der Waals surface area contributed by atoms with Crippen molar-refractivity contribution in [3.05, 3.63) is 29.8 Å². The number of hydrogen-bond donors (Lipinski definition) is 0. The maximum absolute atomic E-state index is 5.74. The highest BCUT2D eigenvalue weighted by Gasteiger charge is 2.14. The molecule has 0 saturated heterocycles. The van der Waals surface area contributed by atoms with E-state index in [0.717, 1.165) is 29.7 Å². The number of ether oxygens (including phenoxy) is 2. The fourth-order valence-electron chi connectivity index (χ4n) is 1.41. The second-order valence-corrected chi connectivity index (χ2v) is 3.90. The standard InChI is InChI=1S/C12H17BrO2/c1-3-8-15-12(9-13)10-6-4-5-7-11(10)14-2/h4-7,12H,3,8-9H2,1-2H3. The third kappa shape index (κ3) is 3.50. The van der Waals surface area contributed by atoms with E-state index in [4.69, 9.17) is 9.47 Å². The van der Waals surface area contributed by atoms with Crippen molar-refractivity contribution < 1.29 is 9.47 Å². The molecule has 3 heteroatoms. The summed E-state index contributed by atoms with van der Waals surface area (Å²) in [5, 5.41) is 0.785. The third-order valence-corrected chi connectivity index (χ3v) is 2.74. The summed E-state index contributed by atoms with van der Waals surface area (Å²) in [6, 6.07) is 7.97. The first kappa shape index (κ1) is 12.5. The van der Waals surface area contributed by atoms with E-state index in [0.29, 0.717) is 0 Å². The molecular weight excluding hydrogens is 256 g/mol. The molecule has 1 aromatic carbocycles. The van der Waals surface area contributed by atoms with Gasteiger partial charge in [-0.3, -0.25) is 0 Å². The lowest BCUT2D eigenvalue weighted by molar-refractivity contribution is 0.0686. The molecule has 0 bridgehead atoms. The minimum absolute atomic E-state index is 0.0705. The van der Waals surface area contributed by atoms with E-state index in [2.05, 4.69) is 22.9 Å². The number of benzene rings is 1. The highest BCUT2D eigenvalue weighted by atomic mass is 79.9. The lowest BCUT2D eigenvalue weighted by atomic mass is 10.1. The van der Waals surface area contributed by atoms with Crippen molar-refractivity contribution >= 4 is 15.9 Å². The van der Waals surface area contributed by atoms with Crippen LogP contribution in [0.5, 0.6) is 5.75 Å². The predicted octanol–water partition coefficient (Wildman–Crippen LogP) is 3.56. The van der Waals surface area contributed by atoms with Crippen LogP contribution in [0.4, 0.5) is 0 Å². The maximum Gasteiger partial charge on any atom is 0.124 e. The van der Waals surface area contributed by atoms with Gasteiger partial charge in [-0.2, -0.15) is 0 Å². The first-order valence-corrected chi connectivity index (χ1v) is 6.26. The van der Waals surface area contributed by atoms with Crippen LogP contribution in [0.15, 0.2) is 24.3 Å². The molecule has 0 heterocycles. The van der Waals surface area contributed by atoms with Gasteiger partial charge in [0.2, 0.25) is 0 Å². The fraction of sp³-hybridized carbons (Fsp3) is 0.500. The molecule has 0 N–H and O–H groups in total. The van der Waals surface area contributed by atoms with Crippen molar-refractivity contribution in [1.29, 1.82) is 0 Å². The van der Waals surface area contributed by atoms with Crippen LogP contribution < -0.4 is 4.74 Å². The zero-order chi connectivity index (χ0) is 11.1. The fourth-order valence-corrected chi connectivity index (χ4v) is 1.95. The molecular formula is C12H17BrO2. The van der Waals surface area contributed by atoms with Gasteiger partial charge in [0.25, 0.3) is 0 Å². The molecule has 0 radical (unpaired) electrons. The Morgan fingerprint density at radius 1 is 1.33 bits per heavy atom. The van der Waals surface area contributed by atoms with Crippen molar-refractivity contribution in [3.63, 3.8) is 0 Å². The van der Waals surface area contributed by atoms with Crippen molar-refractivity contribution in [2.24, 2.45) is 0 Å². The molecule has 1 atom stereocenters. The lowest BCUT2D eigenvalue weighted by Crippen LogP contribution is -2.08. The minimum Gasteiger partial charge on any atom is -0.496 e. The minimum atomic E-state index is 0.0705. The van der Waals surface area contributed by atoms with Crippen LogP contribution in [0.25, 0.3) is 0 Å². The summed E-state index contributed by atoms with van der Waals surface area (Å²) in [6.45, 7) is 2.88. The first-order valence-electron chi connectivity index (χ1n) is 5.14. The zero-order valence-electron chi connectivity index (χ0n) is 9.20. The van der Waals surface area contributed by atoms with Crippen LogP contribution in [-0.4, -0.2) is 19.0 Å². The van der Waals surface area contributed by atoms with Gasteiger partial charge in [-0.15, -0.1) is 0 Å². The van der Waals surface area contributed by atoms with Crippen molar-refractivity contribution in [2.75, 3.05) is 19.0 Å². The van der Waals surface area contributed by atoms with Gasteiger partial charge < -0.3 is 9.47 Å². The second kappa shape index (κ2) is 6.85. The molecule has 0 aromatic heterocycles. The highest BCUT2D eigenvalue weighted by molar-refractivity contribution is 9.09. The Hall–Kier alpha value is -0.540. The second-order valence-electron chi connectivity index (χ2n) is 3.26. The predicted molar refractivity (Wildman–Crippen MR) is 65.8 cm³/mol. The Morgan fingerprint density at radius 3 is 2.67 bits per heavy atom. The molecule has 0 amide bonds. The summed E-state index contributed by atoms with van der Waals surface area (Å²) < 4.78 is 11.0. The van der Waals surface area contributed by atoms with E-state index in [1.54, 1.807) is 7.11 Å². The molecule has 1 aromatic rings. The zero-order valence-corrected chi connectivity index (χ0v) is 10.8. The van der Waals surface area contributed by atoms with Crippen LogP contribution in [0.3, 0.4) is 0 Å². The summed E-state index contributed by atoms with van der Waals surface area (Å²) in [5.74, 6) is 0.887. The number of hydrogen-bond acceptors (Lipinski definition) is 2. The summed E-state index contributed by atoms with van der Waals surface area (Å²) >= 11 is 3.47. The average Bonchev–Trinajstić information content (AvgIpc) is 2.30. The molecule has 15 heavy (non-hydrogen) atoms. The van der Waals surface area contributed by atoms with Crippen LogP contribution in [-0.2, 0) is 4.74 Å². The first-order chi connectivity index (χ1) is 7.33. The van der Waals surface area contributed by atoms with Crippen LogP contribution >= 0.6 is 15.9 Å². The van der Waals surface area contributed by atoms with Gasteiger partial charge in [0.05, 0.1) is 13.2 Å². The third-order valence-electron chi connectivity index (χ3n) is 2.15. The molecule has 0 aliphatic heterocycles. The van der Waals surface area contributed by atoms with E-state index >= 15 is 0 Å². The number of rotatable bonds is 6. The van der Waals surface area contributed by atoms with Gasteiger partial charge in [-0.1, -0.05) is 41.1 Å². The van der Waals surface area contributed by atoms with Crippen molar-refractivity contribution in [1.82, 2.24) is 0 Å². The topological polar surface area (TPSA) is 18.5 Å².